The highest BCUT2D eigenvalue weighted by atomic mass is 16.3. The zero-order valence-electron chi connectivity index (χ0n) is 8.38. The van der Waals surface area contributed by atoms with Crippen LogP contribution in [-0.4, -0.2) is 5.11 Å². The molecule has 0 aromatic heterocycles. The van der Waals surface area contributed by atoms with Gasteiger partial charge in [-0.1, -0.05) is 60.7 Å². The maximum Gasteiger partial charge on any atom is 0.0865 e. The van der Waals surface area contributed by atoms with E-state index < -0.39 is 6.10 Å². The van der Waals surface area contributed by atoms with Crippen molar-refractivity contribution in [3.05, 3.63) is 78.2 Å². The molecule has 0 saturated heterocycles. The molecule has 0 spiro atoms. The van der Waals surface area contributed by atoms with Gasteiger partial charge in [0.25, 0.3) is 0 Å². The average Bonchev–Trinajstić information content (AvgIpc) is 2.31. The Labute approximate surface area is 90.0 Å². The maximum absolute atomic E-state index is 9.92. The zero-order chi connectivity index (χ0) is 10.5. The Bertz CT molecular complexity index is 394. The summed E-state index contributed by atoms with van der Waals surface area (Å²) in [4.78, 5) is 0. The minimum atomic E-state index is -0.534. The summed E-state index contributed by atoms with van der Waals surface area (Å²) in [5.41, 5.74) is 1.95. The standard InChI is InChI=1S/C14H13O/c15-14(13-9-5-2-6-10-13)11-12-7-3-1-4-8-12/h1-11,14-15H/t14-/m1/s1. The van der Waals surface area contributed by atoms with Gasteiger partial charge in [0, 0.05) is 6.42 Å². The van der Waals surface area contributed by atoms with E-state index in [2.05, 4.69) is 0 Å². The van der Waals surface area contributed by atoms with Gasteiger partial charge in [0.15, 0.2) is 0 Å². The van der Waals surface area contributed by atoms with Gasteiger partial charge < -0.3 is 5.11 Å². The van der Waals surface area contributed by atoms with Gasteiger partial charge in [0.1, 0.15) is 0 Å². The van der Waals surface area contributed by atoms with E-state index >= 15 is 0 Å². The van der Waals surface area contributed by atoms with Crippen LogP contribution in [0.15, 0.2) is 60.7 Å². The summed E-state index contributed by atoms with van der Waals surface area (Å²) in [5.74, 6) is 0. The number of benzene rings is 2. The van der Waals surface area contributed by atoms with Gasteiger partial charge in [0.05, 0.1) is 6.10 Å². The second-order valence-electron chi connectivity index (χ2n) is 3.43. The van der Waals surface area contributed by atoms with E-state index in [0.717, 1.165) is 11.1 Å². The Morgan fingerprint density at radius 3 is 1.93 bits per heavy atom. The minimum Gasteiger partial charge on any atom is -0.388 e. The number of hydrogen-bond acceptors (Lipinski definition) is 1. The molecule has 0 fully saturated rings. The third-order valence-electron chi connectivity index (χ3n) is 2.29. The predicted molar refractivity (Wildman–Crippen MR) is 61.2 cm³/mol. The fraction of sp³-hybridized carbons (Fsp3) is 0.0714. The summed E-state index contributed by atoms with van der Waals surface area (Å²) in [6.07, 6.45) is 1.31. The van der Waals surface area contributed by atoms with E-state index in [1.165, 1.54) is 0 Å². The van der Waals surface area contributed by atoms with Crippen molar-refractivity contribution in [2.24, 2.45) is 0 Å². The van der Waals surface area contributed by atoms with E-state index in [9.17, 15) is 5.11 Å². The summed E-state index contributed by atoms with van der Waals surface area (Å²) >= 11 is 0. The molecule has 0 saturated carbocycles. The molecule has 0 heterocycles. The Morgan fingerprint density at radius 2 is 1.33 bits per heavy atom. The van der Waals surface area contributed by atoms with Crippen molar-refractivity contribution in [1.29, 1.82) is 0 Å². The van der Waals surface area contributed by atoms with Crippen LogP contribution in [0.1, 0.15) is 17.2 Å². The summed E-state index contributed by atoms with van der Waals surface area (Å²) in [5, 5.41) is 9.92. The lowest BCUT2D eigenvalue weighted by molar-refractivity contribution is 0.215. The molecule has 15 heavy (non-hydrogen) atoms. The van der Waals surface area contributed by atoms with Gasteiger partial charge in [-0.3, -0.25) is 0 Å². The number of rotatable bonds is 3. The summed E-state index contributed by atoms with van der Waals surface area (Å²) in [6, 6.07) is 19.5. The van der Waals surface area contributed by atoms with Crippen molar-refractivity contribution >= 4 is 0 Å². The van der Waals surface area contributed by atoms with Crippen molar-refractivity contribution in [3.63, 3.8) is 0 Å². The van der Waals surface area contributed by atoms with Crippen LogP contribution in [-0.2, 0) is 0 Å². The third kappa shape index (κ3) is 2.67. The third-order valence-corrected chi connectivity index (χ3v) is 2.29. The van der Waals surface area contributed by atoms with Crippen molar-refractivity contribution in [3.8, 4) is 0 Å². The lowest BCUT2D eigenvalue weighted by Crippen LogP contribution is -1.98. The topological polar surface area (TPSA) is 20.2 Å². The monoisotopic (exact) mass is 197 g/mol. The van der Waals surface area contributed by atoms with Gasteiger partial charge in [-0.25, -0.2) is 0 Å². The fourth-order valence-electron chi connectivity index (χ4n) is 1.49. The van der Waals surface area contributed by atoms with Crippen LogP contribution < -0.4 is 0 Å². The maximum atomic E-state index is 9.92. The second kappa shape index (κ2) is 4.76. The molecule has 1 nitrogen and oxygen atoms in total. The van der Waals surface area contributed by atoms with Crippen LogP contribution in [0.4, 0.5) is 0 Å². The van der Waals surface area contributed by atoms with Crippen LogP contribution in [0.3, 0.4) is 0 Å². The minimum absolute atomic E-state index is 0.534. The molecular weight excluding hydrogens is 184 g/mol. The quantitative estimate of drug-likeness (QED) is 0.802. The van der Waals surface area contributed by atoms with Gasteiger partial charge in [-0.05, 0) is 11.1 Å². The highest BCUT2D eigenvalue weighted by Gasteiger charge is 2.07. The van der Waals surface area contributed by atoms with E-state index in [4.69, 9.17) is 0 Å². The van der Waals surface area contributed by atoms with Crippen LogP contribution in [0.2, 0.25) is 0 Å². The molecule has 1 radical (unpaired) electrons. The van der Waals surface area contributed by atoms with E-state index in [0.29, 0.717) is 0 Å². The molecule has 75 valence electrons. The zero-order valence-corrected chi connectivity index (χ0v) is 8.38. The Balaban J connectivity index is 2.08. The van der Waals surface area contributed by atoms with Gasteiger partial charge >= 0.3 is 0 Å². The predicted octanol–water partition coefficient (Wildman–Crippen LogP) is 2.97. The first-order valence-electron chi connectivity index (χ1n) is 4.99. The van der Waals surface area contributed by atoms with Crippen LogP contribution in [0, 0.1) is 6.42 Å². The van der Waals surface area contributed by atoms with Crippen LogP contribution in [0.5, 0.6) is 0 Å². The molecule has 0 aliphatic heterocycles. The second-order valence-corrected chi connectivity index (χ2v) is 3.43. The lowest BCUT2D eigenvalue weighted by Gasteiger charge is -2.10. The van der Waals surface area contributed by atoms with E-state index in [-0.39, 0.29) is 0 Å². The molecule has 0 unspecified atom stereocenters. The normalized spacial score (nSPS) is 12.3. The van der Waals surface area contributed by atoms with Crippen molar-refractivity contribution in [2.75, 3.05) is 0 Å². The van der Waals surface area contributed by atoms with E-state index in [1.807, 2.05) is 67.1 Å². The molecule has 1 atom stereocenters. The molecule has 2 rings (SSSR count). The molecule has 0 amide bonds. The van der Waals surface area contributed by atoms with Crippen LogP contribution >= 0.6 is 0 Å². The summed E-state index contributed by atoms with van der Waals surface area (Å²) in [7, 11) is 0. The largest absolute Gasteiger partial charge is 0.388 e. The highest BCUT2D eigenvalue weighted by molar-refractivity contribution is 5.29. The van der Waals surface area contributed by atoms with Gasteiger partial charge in [-0.15, -0.1) is 0 Å². The molecule has 2 aromatic rings. The van der Waals surface area contributed by atoms with Crippen molar-refractivity contribution in [1.82, 2.24) is 0 Å². The van der Waals surface area contributed by atoms with E-state index in [1.54, 1.807) is 0 Å². The molecule has 0 aliphatic carbocycles. The smallest absolute Gasteiger partial charge is 0.0865 e. The SMILES string of the molecule is O[C@H]([CH]c1ccccc1)c1ccccc1. The number of hydrogen-bond donors (Lipinski definition) is 1. The first-order valence-corrected chi connectivity index (χ1v) is 4.99. The van der Waals surface area contributed by atoms with Gasteiger partial charge in [-0.2, -0.15) is 0 Å². The first kappa shape index (κ1) is 9.94. The Kier molecular flexibility index (Phi) is 3.15. The fourth-order valence-corrected chi connectivity index (χ4v) is 1.49. The number of aliphatic hydroxyl groups is 1. The van der Waals surface area contributed by atoms with Crippen molar-refractivity contribution in [2.45, 2.75) is 6.10 Å². The Morgan fingerprint density at radius 1 is 0.800 bits per heavy atom. The molecule has 0 bridgehead atoms. The number of aliphatic hydroxyl groups excluding tert-OH is 1. The molecular formula is C14H13O. The first-order chi connectivity index (χ1) is 7.36. The molecule has 1 heteroatoms. The average molecular weight is 197 g/mol. The molecule has 1 N–H and O–H groups in total. The lowest BCUT2D eigenvalue weighted by atomic mass is 10.0. The van der Waals surface area contributed by atoms with Crippen molar-refractivity contribution < 1.29 is 5.11 Å². The molecule has 2 aromatic carbocycles. The highest BCUT2D eigenvalue weighted by Crippen LogP contribution is 2.19. The summed E-state index contributed by atoms with van der Waals surface area (Å²) < 4.78 is 0. The van der Waals surface area contributed by atoms with Gasteiger partial charge in [0.2, 0.25) is 0 Å². The Hall–Kier alpha value is -1.60. The van der Waals surface area contributed by atoms with Crippen LogP contribution in [0.25, 0.3) is 0 Å². The molecule has 0 aliphatic rings. The summed E-state index contributed by atoms with van der Waals surface area (Å²) in [6.45, 7) is 0.